The highest BCUT2D eigenvalue weighted by molar-refractivity contribution is 7.89. The summed E-state index contributed by atoms with van der Waals surface area (Å²) in [7, 11) is -3.41. The van der Waals surface area contributed by atoms with E-state index in [9.17, 15) is 13.2 Å². The first kappa shape index (κ1) is 21.4. The van der Waals surface area contributed by atoms with Crippen LogP contribution in [0.1, 0.15) is 76.2 Å². The molecule has 31 heavy (non-hydrogen) atoms. The number of amides is 1. The van der Waals surface area contributed by atoms with Crippen molar-refractivity contribution >= 4 is 15.9 Å². The van der Waals surface area contributed by atoms with Crippen molar-refractivity contribution in [1.29, 1.82) is 0 Å². The number of carbonyl (C=O) groups excluding carboxylic acids is 1. The zero-order valence-corrected chi connectivity index (χ0v) is 19.3. The molecule has 1 aliphatic heterocycles. The molecular formula is C25H36N2O3S. The lowest BCUT2D eigenvalue weighted by Gasteiger charge is -2.56. The standard InChI is InChI=1S/C25H36N2O3S/c28-24(26-25-16-20-13-21(17-25)15-22(14-20)18-25)10-7-19-5-8-23(9-6-19)31(29,30)27-11-3-1-2-4-12-27/h5-6,8-9,20-22H,1-4,7,10-18H2,(H,26,28). The number of sulfonamides is 1. The summed E-state index contributed by atoms with van der Waals surface area (Å²) >= 11 is 0. The average Bonchev–Trinajstić information content (AvgIpc) is 3.01. The minimum atomic E-state index is -3.41. The number of aryl methyl sites for hydroxylation is 1. The quantitative estimate of drug-likeness (QED) is 0.713. The molecule has 0 spiro atoms. The molecule has 1 aromatic carbocycles. The van der Waals surface area contributed by atoms with Gasteiger partial charge in [-0.3, -0.25) is 4.79 Å². The molecule has 4 aliphatic carbocycles. The van der Waals surface area contributed by atoms with Gasteiger partial charge in [0.25, 0.3) is 0 Å². The summed E-state index contributed by atoms with van der Waals surface area (Å²) in [5.41, 5.74) is 1.09. The number of nitrogens with one attached hydrogen (secondary N) is 1. The van der Waals surface area contributed by atoms with E-state index in [0.29, 0.717) is 30.8 Å². The minimum absolute atomic E-state index is 0.0664. The lowest BCUT2D eigenvalue weighted by Crippen LogP contribution is -2.59. The van der Waals surface area contributed by atoms with Gasteiger partial charge in [0.15, 0.2) is 0 Å². The summed E-state index contributed by atoms with van der Waals surface area (Å²) in [5.74, 6) is 2.63. The maximum absolute atomic E-state index is 12.9. The van der Waals surface area contributed by atoms with E-state index in [0.717, 1.165) is 49.0 Å². The number of benzene rings is 1. The summed E-state index contributed by atoms with van der Waals surface area (Å²) in [4.78, 5) is 13.1. The molecule has 4 bridgehead atoms. The molecule has 6 rings (SSSR count). The minimum Gasteiger partial charge on any atom is -0.351 e. The van der Waals surface area contributed by atoms with E-state index in [-0.39, 0.29) is 11.4 Å². The fourth-order valence-corrected chi connectivity index (χ4v) is 8.66. The van der Waals surface area contributed by atoms with Crippen LogP contribution in [0, 0.1) is 17.8 Å². The van der Waals surface area contributed by atoms with E-state index in [2.05, 4.69) is 5.32 Å². The van der Waals surface area contributed by atoms with Gasteiger partial charge in [-0.25, -0.2) is 8.42 Å². The number of hydrogen-bond acceptors (Lipinski definition) is 3. The van der Waals surface area contributed by atoms with Gasteiger partial charge in [0.1, 0.15) is 0 Å². The molecule has 5 nitrogen and oxygen atoms in total. The molecule has 5 fully saturated rings. The normalized spacial score (nSPS) is 33.2. The lowest BCUT2D eigenvalue weighted by molar-refractivity contribution is -0.126. The van der Waals surface area contributed by atoms with Gasteiger partial charge >= 0.3 is 0 Å². The van der Waals surface area contributed by atoms with Gasteiger partial charge < -0.3 is 5.32 Å². The van der Waals surface area contributed by atoms with Crippen LogP contribution in [0.4, 0.5) is 0 Å². The van der Waals surface area contributed by atoms with E-state index in [4.69, 9.17) is 0 Å². The lowest BCUT2D eigenvalue weighted by atomic mass is 9.53. The zero-order valence-electron chi connectivity index (χ0n) is 18.5. The number of carbonyl (C=O) groups is 1. The zero-order chi connectivity index (χ0) is 21.5. The Bertz CT molecular complexity index is 866. The second kappa shape index (κ2) is 8.51. The Morgan fingerprint density at radius 2 is 1.45 bits per heavy atom. The third kappa shape index (κ3) is 4.56. The Balaban J connectivity index is 1.16. The molecule has 1 aromatic rings. The van der Waals surface area contributed by atoms with E-state index < -0.39 is 10.0 Å². The predicted octanol–water partition coefficient (Wildman–Crippen LogP) is 4.27. The Labute approximate surface area is 187 Å². The number of rotatable bonds is 6. The molecule has 4 saturated carbocycles. The molecule has 1 saturated heterocycles. The Morgan fingerprint density at radius 3 is 2.00 bits per heavy atom. The highest BCUT2D eigenvalue weighted by Crippen LogP contribution is 2.55. The van der Waals surface area contributed by atoms with Crippen LogP contribution >= 0.6 is 0 Å². The van der Waals surface area contributed by atoms with E-state index >= 15 is 0 Å². The SMILES string of the molecule is O=C(CCc1ccc(S(=O)(=O)N2CCCCCC2)cc1)NC12CC3CC(CC(C3)C1)C2. The van der Waals surface area contributed by atoms with E-state index in [1.165, 1.54) is 38.5 Å². The van der Waals surface area contributed by atoms with Crippen LogP contribution in [-0.2, 0) is 21.2 Å². The fourth-order valence-electron chi connectivity index (χ4n) is 7.14. The van der Waals surface area contributed by atoms with Gasteiger partial charge in [-0.05, 0) is 93.2 Å². The highest BCUT2D eigenvalue weighted by atomic mass is 32.2. The first-order valence-electron chi connectivity index (χ1n) is 12.3. The third-order valence-corrected chi connectivity index (χ3v) is 10.1. The molecule has 0 atom stereocenters. The summed E-state index contributed by atoms with van der Waals surface area (Å²) in [5, 5.41) is 3.44. The molecule has 1 N–H and O–H groups in total. The molecule has 1 amide bonds. The van der Waals surface area contributed by atoms with Gasteiger partial charge in [0.05, 0.1) is 4.90 Å². The smallest absolute Gasteiger partial charge is 0.243 e. The van der Waals surface area contributed by atoms with Gasteiger partial charge in [0, 0.05) is 25.0 Å². The second-order valence-electron chi connectivity index (χ2n) is 10.7. The number of nitrogens with zero attached hydrogens (tertiary/aromatic N) is 1. The van der Waals surface area contributed by atoms with Crippen LogP contribution in [0.3, 0.4) is 0 Å². The number of hydrogen-bond donors (Lipinski definition) is 1. The highest BCUT2D eigenvalue weighted by Gasteiger charge is 2.51. The van der Waals surface area contributed by atoms with E-state index in [1.54, 1.807) is 16.4 Å². The molecule has 1 heterocycles. The molecule has 6 heteroatoms. The van der Waals surface area contributed by atoms with Gasteiger partial charge in [-0.2, -0.15) is 4.31 Å². The summed E-state index contributed by atoms with van der Waals surface area (Å²) in [6, 6.07) is 7.19. The van der Waals surface area contributed by atoms with Crippen molar-refractivity contribution < 1.29 is 13.2 Å². The van der Waals surface area contributed by atoms with Crippen molar-refractivity contribution in [2.75, 3.05) is 13.1 Å². The summed E-state index contributed by atoms with van der Waals surface area (Å²) in [6.07, 6.45) is 12.9. The molecule has 170 valence electrons. The van der Waals surface area contributed by atoms with Crippen molar-refractivity contribution in [2.45, 2.75) is 87.5 Å². The van der Waals surface area contributed by atoms with Crippen LogP contribution < -0.4 is 5.32 Å². The topological polar surface area (TPSA) is 66.5 Å². The van der Waals surface area contributed by atoms with Crippen molar-refractivity contribution in [3.63, 3.8) is 0 Å². The first-order chi connectivity index (χ1) is 14.9. The molecular weight excluding hydrogens is 408 g/mol. The maximum Gasteiger partial charge on any atom is 0.243 e. The van der Waals surface area contributed by atoms with Crippen molar-refractivity contribution in [2.24, 2.45) is 17.8 Å². The molecule has 5 aliphatic rings. The van der Waals surface area contributed by atoms with Gasteiger partial charge in [0.2, 0.25) is 15.9 Å². The summed E-state index contributed by atoms with van der Waals surface area (Å²) in [6.45, 7) is 1.24. The Morgan fingerprint density at radius 1 is 0.903 bits per heavy atom. The van der Waals surface area contributed by atoms with Crippen LogP contribution in [0.5, 0.6) is 0 Å². The maximum atomic E-state index is 12.9. The van der Waals surface area contributed by atoms with Gasteiger partial charge in [-0.15, -0.1) is 0 Å². The molecule has 0 unspecified atom stereocenters. The Hall–Kier alpha value is -1.40. The fraction of sp³-hybridized carbons (Fsp3) is 0.720. The predicted molar refractivity (Wildman–Crippen MR) is 121 cm³/mol. The van der Waals surface area contributed by atoms with Crippen molar-refractivity contribution in [3.8, 4) is 0 Å². The monoisotopic (exact) mass is 444 g/mol. The average molecular weight is 445 g/mol. The van der Waals surface area contributed by atoms with Crippen LogP contribution in [-0.4, -0.2) is 37.3 Å². The van der Waals surface area contributed by atoms with Crippen LogP contribution in [0.25, 0.3) is 0 Å². The van der Waals surface area contributed by atoms with Crippen LogP contribution in [0.15, 0.2) is 29.2 Å². The summed E-state index contributed by atoms with van der Waals surface area (Å²) < 4.78 is 27.5. The second-order valence-corrected chi connectivity index (χ2v) is 12.6. The molecule has 0 aromatic heterocycles. The van der Waals surface area contributed by atoms with E-state index in [1.807, 2.05) is 12.1 Å². The molecule has 0 radical (unpaired) electrons. The van der Waals surface area contributed by atoms with Crippen molar-refractivity contribution in [3.05, 3.63) is 29.8 Å². The van der Waals surface area contributed by atoms with Crippen LogP contribution in [0.2, 0.25) is 0 Å². The largest absolute Gasteiger partial charge is 0.351 e. The van der Waals surface area contributed by atoms with Gasteiger partial charge in [-0.1, -0.05) is 25.0 Å². The third-order valence-electron chi connectivity index (χ3n) is 8.21. The first-order valence-corrected chi connectivity index (χ1v) is 13.8. The Kier molecular flexibility index (Phi) is 5.89. The van der Waals surface area contributed by atoms with Crippen molar-refractivity contribution in [1.82, 2.24) is 9.62 Å².